The van der Waals surface area contributed by atoms with Crippen LogP contribution in [0, 0.1) is 25.2 Å². The molecule has 0 atom stereocenters. The Bertz CT molecular complexity index is 1050. The third kappa shape index (κ3) is 4.82. The Morgan fingerprint density at radius 2 is 1.83 bits per heavy atom. The first-order valence-corrected chi connectivity index (χ1v) is 10.9. The van der Waals surface area contributed by atoms with Gasteiger partial charge in [0.25, 0.3) is 5.91 Å². The van der Waals surface area contributed by atoms with Crippen molar-refractivity contribution in [2.75, 3.05) is 38.0 Å². The zero-order chi connectivity index (χ0) is 21.0. The van der Waals surface area contributed by atoms with Gasteiger partial charge in [-0.15, -0.1) is 0 Å². The second-order valence-electron chi connectivity index (χ2n) is 7.29. The van der Waals surface area contributed by atoms with Gasteiger partial charge < -0.3 is 10.2 Å². The molecule has 1 heterocycles. The number of rotatable bonds is 5. The molecular weight excluding hydrogens is 388 g/mol. The normalized spacial score (nSPS) is 15.6. The first kappa shape index (κ1) is 21.0. The lowest BCUT2D eigenvalue weighted by Crippen LogP contribution is -3.15. The number of benzene rings is 2. The van der Waals surface area contributed by atoms with Crippen molar-refractivity contribution >= 4 is 21.6 Å². The van der Waals surface area contributed by atoms with Gasteiger partial charge in [-0.3, -0.25) is 4.79 Å². The fourth-order valence-corrected chi connectivity index (χ4v) is 4.98. The van der Waals surface area contributed by atoms with Crippen molar-refractivity contribution in [1.29, 1.82) is 5.26 Å². The molecule has 0 aromatic heterocycles. The molecule has 1 saturated heterocycles. The van der Waals surface area contributed by atoms with E-state index >= 15 is 0 Å². The number of quaternary nitrogens is 1. The van der Waals surface area contributed by atoms with Gasteiger partial charge in [-0.1, -0.05) is 18.2 Å². The molecule has 0 saturated carbocycles. The zero-order valence-corrected chi connectivity index (χ0v) is 17.4. The molecule has 2 aromatic carbocycles. The fraction of sp³-hybridized carbons (Fsp3) is 0.333. The number of sulfonamides is 1. The number of carbonyl (C=O) groups is 1. The van der Waals surface area contributed by atoms with E-state index in [1.165, 1.54) is 22.0 Å². The standard InChI is InChI=1S/C21H24N4O3S/c1-16-7-8-19(13-17(16)2)23-21(26)15-24-9-11-25(12-10-24)29(27,28)20-6-4-3-5-18(20)14-22/h3-8,13H,9-12,15H2,1-2H3,(H,23,26)/p+1. The van der Waals surface area contributed by atoms with E-state index in [0.717, 1.165) is 16.2 Å². The Balaban J connectivity index is 1.58. The highest BCUT2D eigenvalue weighted by Crippen LogP contribution is 2.19. The van der Waals surface area contributed by atoms with Gasteiger partial charge in [0.1, 0.15) is 6.07 Å². The lowest BCUT2D eigenvalue weighted by atomic mass is 10.1. The van der Waals surface area contributed by atoms with Gasteiger partial charge in [0.2, 0.25) is 10.0 Å². The monoisotopic (exact) mass is 413 g/mol. The lowest BCUT2D eigenvalue weighted by molar-refractivity contribution is -0.895. The van der Waals surface area contributed by atoms with E-state index in [1.54, 1.807) is 12.1 Å². The number of nitriles is 1. The Hall–Kier alpha value is -2.73. The molecule has 0 unspecified atom stereocenters. The van der Waals surface area contributed by atoms with Gasteiger partial charge in [-0.05, 0) is 49.2 Å². The maximum absolute atomic E-state index is 12.9. The van der Waals surface area contributed by atoms with Crippen LogP contribution in [0.4, 0.5) is 5.69 Å². The molecule has 0 radical (unpaired) electrons. The topological polar surface area (TPSA) is 94.7 Å². The average molecular weight is 414 g/mol. The molecule has 0 aliphatic carbocycles. The molecule has 152 valence electrons. The Kier molecular flexibility index (Phi) is 6.33. The van der Waals surface area contributed by atoms with Gasteiger partial charge in [-0.2, -0.15) is 9.57 Å². The SMILES string of the molecule is Cc1ccc(NC(=O)C[NH+]2CCN(S(=O)(=O)c3ccccc3C#N)CC2)cc1C. The van der Waals surface area contributed by atoms with Crippen LogP contribution >= 0.6 is 0 Å². The molecule has 0 spiro atoms. The second-order valence-corrected chi connectivity index (χ2v) is 9.19. The third-order valence-electron chi connectivity index (χ3n) is 5.26. The minimum atomic E-state index is -3.72. The van der Waals surface area contributed by atoms with Gasteiger partial charge >= 0.3 is 0 Å². The quantitative estimate of drug-likeness (QED) is 0.755. The van der Waals surface area contributed by atoms with E-state index in [0.29, 0.717) is 26.2 Å². The highest BCUT2D eigenvalue weighted by molar-refractivity contribution is 7.89. The summed E-state index contributed by atoms with van der Waals surface area (Å²) in [5, 5.41) is 12.1. The van der Waals surface area contributed by atoms with Crippen molar-refractivity contribution in [3.63, 3.8) is 0 Å². The lowest BCUT2D eigenvalue weighted by Gasteiger charge is -2.31. The highest BCUT2D eigenvalue weighted by Gasteiger charge is 2.32. The molecule has 2 N–H and O–H groups in total. The van der Waals surface area contributed by atoms with Crippen molar-refractivity contribution in [2.24, 2.45) is 0 Å². The van der Waals surface area contributed by atoms with Gasteiger partial charge in [-0.25, -0.2) is 8.42 Å². The van der Waals surface area contributed by atoms with Crippen LogP contribution in [0.25, 0.3) is 0 Å². The number of anilines is 1. The summed E-state index contributed by atoms with van der Waals surface area (Å²) in [5.41, 5.74) is 3.21. The number of piperazine rings is 1. The van der Waals surface area contributed by atoms with Crippen molar-refractivity contribution in [3.8, 4) is 6.07 Å². The van der Waals surface area contributed by atoms with Crippen LogP contribution in [0.15, 0.2) is 47.4 Å². The molecule has 1 aliphatic rings. The number of aryl methyl sites for hydroxylation is 2. The molecule has 0 bridgehead atoms. The Labute approximate surface area is 171 Å². The summed E-state index contributed by atoms with van der Waals surface area (Å²) < 4.78 is 27.2. The van der Waals surface area contributed by atoms with E-state index in [2.05, 4.69) is 5.32 Å². The largest absolute Gasteiger partial charge is 0.325 e. The summed E-state index contributed by atoms with van der Waals surface area (Å²) in [5.74, 6) is -0.0885. The molecule has 29 heavy (non-hydrogen) atoms. The number of amides is 1. The molecule has 8 heteroatoms. The van der Waals surface area contributed by atoms with E-state index in [9.17, 15) is 18.5 Å². The van der Waals surface area contributed by atoms with Crippen LogP contribution in [0.1, 0.15) is 16.7 Å². The summed E-state index contributed by atoms with van der Waals surface area (Å²) in [6.45, 7) is 6.01. The number of hydrogen-bond acceptors (Lipinski definition) is 4. The maximum atomic E-state index is 12.9. The summed E-state index contributed by atoms with van der Waals surface area (Å²) in [7, 11) is -3.72. The number of nitrogens with one attached hydrogen (secondary N) is 2. The zero-order valence-electron chi connectivity index (χ0n) is 16.6. The molecule has 1 fully saturated rings. The van der Waals surface area contributed by atoms with E-state index in [1.807, 2.05) is 38.1 Å². The number of nitrogens with zero attached hydrogens (tertiary/aromatic N) is 2. The van der Waals surface area contributed by atoms with Crippen molar-refractivity contribution in [3.05, 3.63) is 59.2 Å². The minimum absolute atomic E-state index is 0.0402. The highest BCUT2D eigenvalue weighted by atomic mass is 32.2. The molecule has 1 aliphatic heterocycles. The van der Waals surface area contributed by atoms with E-state index in [4.69, 9.17) is 0 Å². The predicted molar refractivity (Wildman–Crippen MR) is 110 cm³/mol. The summed E-state index contributed by atoms with van der Waals surface area (Å²) in [6.07, 6.45) is 0. The molecular formula is C21H25N4O3S+. The second kappa shape index (κ2) is 8.74. The molecule has 2 aromatic rings. The average Bonchev–Trinajstić information content (AvgIpc) is 2.71. The van der Waals surface area contributed by atoms with Crippen LogP contribution in [0.2, 0.25) is 0 Å². The molecule has 3 rings (SSSR count). The van der Waals surface area contributed by atoms with E-state index in [-0.39, 0.29) is 22.9 Å². The minimum Gasteiger partial charge on any atom is -0.325 e. The smallest absolute Gasteiger partial charge is 0.279 e. The van der Waals surface area contributed by atoms with Crippen LogP contribution in [0.5, 0.6) is 0 Å². The Morgan fingerprint density at radius 3 is 2.48 bits per heavy atom. The van der Waals surface area contributed by atoms with Crippen molar-refractivity contribution in [1.82, 2.24) is 4.31 Å². The maximum Gasteiger partial charge on any atom is 0.279 e. The van der Waals surface area contributed by atoms with Gasteiger partial charge in [0.05, 0.1) is 36.6 Å². The first-order valence-electron chi connectivity index (χ1n) is 9.51. The van der Waals surface area contributed by atoms with Crippen molar-refractivity contribution < 1.29 is 18.1 Å². The molecule has 7 nitrogen and oxygen atoms in total. The Morgan fingerprint density at radius 1 is 1.14 bits per heavy atom. The van der Waals surface area contributed by atoms with Crippen LogP contribution in [-0.4, -0.2) is 51.4 Å². The van der Waals surface area contributed by atoms with Gasteiger partial charge in [0.15, 0.2) is 6.54 Å². The predicted octanol–water partition coefficient (Wildman–Crippen LogP) is 0.703. The fourth-order valence-electron chi connectivity index (χ4n) is 3.39. The molecule has 1 amide bonds. The van der Waals surface area contributed by atoms with Crippen LogP contribution in [0.3, 0.4) is 0 Å². The number of carbonyl (C=O) groups excluding carboxylic acids is 1. The summed E-state index contributed by atoms with van der Waals surface area (Å²) >= 11 is 0. The van der Waals surface area contributed by atoms with E-state index < -0.39 is 10.0 Å². The van der Waals surface area contributed by atoms with Gasteiger partial charge in [0, 0.05) is 5.69 Å². The first-order chi connectivity index (χ1) is 13.8. The third-order valence-corrected chi connectivity index (χ3v) is 7.21. The summed E-state index contributed by atoms with van der Waals surface area (Å²) in [4.78, 5) is 13.4. The summed E-state index contributed by atoms with van der Waals surface area (Å²) in [6, 6.07) is 14.0. The van der Waals surface area contributed by atoms with Crippen molar-refractivity contribution in [2.45, 2.75) is 18.7 Å². The van der Waals surface area contributed by atoms with Crippen LogP contribution in [-0.2, 0) is 14.8 Å². The number of hydrogen-bond donors (Lipinski definition) is 2. The van der Waals surface area contributed by atoms with Crippen LogP contribution < -0.4 is 10.2 Å².